The summed E-state index contributed by atoms with van der Waals surface area (Å²) in [4.78, 5) is 42.7. The first-order valence-electron chi connectivity index (χ1n) is 21.5. The molecule has 0 fully saturated rings. The van der Waals surface area contributed by atoms with E-state index in [4.69, 9.17) is 33.2 Å². The van der Waals surface area contributed by atoms with Crippen LogP contribution in [-0.4, -0.2) is 19.9 Å². The molecule has 0 amide bonds. The number of aromatic nitrogens is 4. The Labute approximate surface area is 420 Å². The van der Waals surface area contributed by atoms with E-state index in [1.54, 1.807) is 12.1 Å². The van der Waals surface area contributed by atoms with Crippen molar-refractivity contribution in [3.8, 4) is 45.0 Å². The van der Waals surface area contributed by atoms with Gasteiger partial charge in [-0.05, 0) is 69.1 Å². The minimum absolute atomic E-state index is 0. The van der Waals surface area contributed by atoms with Crippen LogP contribution in [0.15, 0.2) is 204 Å². The largest absolute Gasteiger partial charge is 0.354 e. The zero-order chi connectivity index (χ0) is 47.8. The predicted octanol–water partition coefficient (Wildman–Crippen LogP) is 17.5. The Morgan fingerprint density at radius 3 is 1.01 bits per heavy atom. The van der Waals surface area contributed by atoms with Crippen molar-refractivity contribution in [2.45, 2.75) is 0 Å². The summed E-state index contributed by atoms with van der Waals surface area (Å²) in [5.41, 5.74) is 10.4. The van der Waals surface area contributed by atoms with Crippen LogP contribution in [0.25, 0.3) is 110 Å². The SMILES string of the molecule is Clc1cc(-c2ccccc2)nc2c1ccc1c2ccc2c(Cl)cc(-c3ccccc3)nc21.O=P(Cl)(Cl)Cl.O=c1cc(-c2ccccc2)[nH]c2c1ccc1c2ccc2c(=O)cc(-c3ccccc3)[nH]c21.[2HH]. The lowest BCUT2D eigenvalue weighted by Gasteiger charge is -2.12. The molecule has 12 rings (SSSR count). The molecular formula is C56H36Cl5N4O3P. The first-order valence-corrected chi connectivity index (χ1v) is 26.6. The van der Waals surface area contributed by atoms with E-state index in [0.717, 1.165) is 99.4 Å². The first-order chi connectivity index (χ1) is 33.4. The van der Waals surface area contributed by atoms with E-state index < -0.39 is 5.20 Å². The van der Waals surface area contributed by atoms with Crippen molar-refractivity contribution in [2.24, 2.45) is 0 Å². The van der Waals surface area contributed by atoms with Crippen molar-refractivity contribution < 1.29 is 5.99 Å². The Morgan fingerprint density at radius 2 is 0.667 bits per heavy atom. The second-order valence-electron chi connectivity index (χ2n) is 16.0. The van der Waals surface area contributed by atoms with Crippen molar-refractivity contribution in [3.05, 3.63) is 225 Å². The summed E-state index contributed by atoms with van der Waals surface area (Å²) in [5.74, 6) is 0. The fraction of sp³-hybridized carbons (Fsp3) is 0. The molecule has 7 nitrogen and oxygen atoms in total. The van der Waals surface area contributed by atoms with E-state index in [2.05, 4.69) is 55.8 Å². The molecule has 0 saturated carbocycles. The van der Waals surface area contributed by atoms with E-state index in [-0.39, 0.29) is 12.3 Å². The van der Waals surface area contributed by atoms with Crippen LogP contribution in [0, 0.1) is 0 Å². The molecule has 0 atom stereocenters. The summed E-state index contributed by atoms with van der Waals surface area (Å²) in [6.45, 7) is 0. The van der Waals surface area contributed by atoms with Crippen LogP contribution >= 0.6 is 62.1 Å². The molecule has 0 radical (unpaired) electrons. The number of benzene rings is 8. The molecule has 0 aliphatic rings. The van der Waals surface area contributed by atoms with Gasteiger partial charge in [0, 0.05) is 79.2 Å². The van der Waals surface area contributed by atoms with Gasteiger partial charge >= 0.3 is 5.20 Å². The third kappa shape index (κ3) is 9.64. The van der Waals surface area contributed by atoms with Crippen LogP contribution < -0.4 is 10.9 Å². The molecule has 0 saturated heterocycles. The Hall–Kier alpha value is -6.80. The van der Waals surface area contributed by atoms with Crippen LogP contribution in [0.3, 0.4) is 0 Å². The smallest absolute Gasteiger partial charge is 0.339 e. The van der Waals surface area contributed by atoms with Crippen molar-refractivity contribution in [1.82, 2.24) is 19.9 Å². The number of halogens is 5. The summed E-state index contributed by atoms with van der Waals surface area (Å²) >= 11 is 27.2. The van der Waals surface area contributed by atoms with Crippen LogP contribution in [0.1, 0.15) is 1.43 Å². The van der Waals surface area contributed by atoms with Crippen LogP contribution in [0.2, 0.25) is 10.0 Å². The number of aromatic amines is 2. The normalized spacial score (nSPS) is 11.4. The van der Waals surface area contributed by atoms with Gasteiger partial charge in [0.05, 0.1) is 43.5 Å². The highest BCUT2D eigenvalue weighted by molar-refractivity contribution is 8.24. The Bertz CT molecular complexity index is 3840. The molecule has 2 N–H and O–H groups in total. The van der Waals surface area contributed by atoms with Gasteiger partial charge < -0.3 is 9.97 Å². The second-order valence-corrected chi connectivity index (χ2v) is 23.5. The lowest BCUT2D eigenvalue weighted by Crippen LogP contribution is -2.05. The Balaban J connectivity index is 0.000000157. The number of hydrogen-bond donors (Lipinski definition) is 2. The van der Waals surface area contributed by atoms with Gasteiger partial charge in [0.15, 0.2) is 10.9 Å². The molecule has 4 aromatic heterocycles. The molecule has 4 heterocycles. The van der Waals surface area contributed by atoms with E-state index in [0.29, 0.717) is 20.8 Å². The van der Waals surface area contributed by atoms with Gasteiger partial charge in [-0.2, -0.15) is 0 Å². The van der Waals surface area contributed by atoms with Crippen LogP contribution in [0.5, 0.6) is 0 Å². The van der Waals surface area contributed by atoms with Gasteiger partial charge in [-0.15, -0.1) is 0 Å². The summed E-state index contributed by atoms with van der Waals surface area (Å²) < 4.78 is 9.51. The summed E-state index contributed by atoms with van der Waals surface area (Å²) in [5, 5.41) is 5.02. The Morgan fingerprint density at radius 1 is 0.377 bits per heavy atom. The zero-order valence-electron chi connectivity index (χ0n) is 35.9. The topological polar surface area (TPSA) is 109 Å². The van der Waals surface area contributed by atoms with Crippen molar-refractivity contribution in [3.63, 3.8) is 0 Å². The third-order valence-corrected chi connectivity index (χ3v) is 12.4. The number of H-pyrrole nitrogens is 2. The van der Waals surface area contributed by atoms with Gasteiger partial charge in [0.1, 0.15) is 0 Å². The molecule has 0 spiro atoms. The average molecular weight is 1020 g/mol. The maximum atomic E-state index is 12.9. The average Bonchev–Trinajstić information content (AvgIpc) is 3.36. The van der Waals surface area contributed by atoms with E-state index in [1.807, 2.05) is 170 Å². The quantitative estimate of drug-likeness (QED) is 0.135. The second kappa shape index (κ2) is 19.3. The predicted molar refractivity (Wildman–Crippen MR) is 294 cm³/mol. The fourth-order valence-electron chi connectivity index (χ4n) is 8.61. The van der Waals surface area contributed by atoms with Gasteiger partial charge in [0.25, 0.3) is 0 Å². The molecule has 338 valence electrons. The molecule has 13 heteroatoms. The van der Waals surface area contributed by atoms with Gasteiger partial charge in [-0.3, -0.25) is 14.2 Å². The standard InChI is InChI=1S/C28H16Cl2N2.C28H18N2O2.Cl3OP.H2/c29-23-15-25(17-7-3-1-4-8-17)31-27-19-11-14-22-24(30)16-26(18-9-5-2-6-10-18)32-28(22)20(19)12-13-21(23)27;31-25-15-23(17-7-3-1-4-8-17)29-27-19-11-14-22-26(32)16-24(18-9-5-2-6-10-18)30-28(22)20(19)12-13-21(25)27;1-5(2,3)4;/h1-16H;1-16H,(H,29,31)(H,30,32);;1H/i;;;1+1. The maximum absolute atomic E-state index is 12.9. The molecule has 12 aromatic rings. The molecular weight excluding hydrogens is 985 g/mol. The minimum Gasteiger partial charge on any atom is -0.354 e. The minimum atomic E-state index is -3.22. The lowest BCUT2D eigenvalue weighted by atomic mass is 10.0. The summed E-state index contributed by atoms with van der Waals surface area (Å²) in [7, 11) is 0. The summed E-state index contributed by atoms with van der Waals surface area (Å²) in [6.07, 6.45) is 0. The molecule has 0 unspecified atom stereocenters. The molecule has 8 aromatic carbocycles. The number of pyridine rings is 4. The molecule has 0 aliphatic heterocycles. The lowest BCUT2D eigenvalue weighted by molar-refractivity contribution is 0.600. The number of hydrogen-bond acceptors (Lipinski definition) is 5. The van der Waals surface area contributed by atoms with Gasteiger partial charge in [-0.25, -0.2) is 9.97 Å². The van der Waals surface area contributed by atoms with Crippen molar-refractivity contribution >= 4 is 127 Å². The van der Waals surface area contributed by atoms with E-state index in [9.17, 15) is 14.2 Å². The zero-order valence-corrected chi connectivity index (χ0v) is 40.6. The number of nitrogens with zero attached hydrogens (tertiary/aromatic N) is 2. The summed E-state index contributed by atoms with van der Waals surface area (Å²) in [6, 6.07) is 62.5. The van der Waals surface area contributed by atoms with Gasteiger partial charge in [-0.1, -0.05) is 181 Å². The number of nitrogens with one attached hydrogen (secondary N) is 2. The van der Waals surface area contributed by atoms with Crippen molar-refractivity contribution in [1.29, 1.82) is 0 Å². The highest BCUT2D eigenvalue weighted by Gasteiger charge is 2.16. The molecule has 69 heavy (non-hydrogen) atoms. The van der Waals surface area contributed by atoms with Crippen molar-refractivity contribution in [2.75, 3.05) is 0 Å². The number of rotatable bonds is 4. The van der Waals surface area contributed by atoms with E-state index >= 15 is 0 Å². The van der Waals surface area contributed by atoms with Gasteiger partial charge in [0.2, 0.25) is 0 Å². The molecule has 0 aliphatic carbocycles. The monoisotopic (exact) mass is 1020 g/mol. The van der Waals surface area contributed by atoms with Crippen LogP contribution in [0.4, 0.5) is 0 Å². The Kier molecular flexibility index (Phi) is 12.9. The molecule has 0 bridgehead atoms. The first kappa shape index (κ1) is 46.0. The highest BCUT2D eigenvalue weighted by atomic mass is 36.0. The highest BCUT2D eigenvalue weighted by Crippen LogP contribution is 2.61. The maximum Gasteiger partial charge on any atom is 0.339 e. The van der Waals surface area contributed by atoms with Crippen LogP contribution in [-0.2, 0) is 4.57 Å². The third-order valence-electron chi connectivity index (χ3n) is 11.8. The number of fused-ring (bicyclic) bond motifs is 10. The van der Waals surface area contributed by atoms with E-state index in [1.165, 1.54) is 0 Å². The fourth-order valence-corrected chi connectivity index (χ4v) is 9.12.